The van der Waals surface area contributed by atoms with Crippen molar-refractivity contribution in [2.45, 2.75) is 5.25 Å². The summed E-state index contributed by atoms with van der Waals surface area (Å²) in [6, 6.07) is 7.41. The summed E-state index contributed by atoms with van der Waals surface area (Å²) in [4.78, 5) is 11.9. The Morgan fingerprint density at radius 3 is 2.71 bits per heavy atom. The summed E-state index contributed by atoms with van der Waals surface area (Å²) in [6.07, 6.45) is 0. The first-order valence-electron chi connectivity index (χ1n) is 5.44. The van der Waals surface area contributed by atoms with Crippen LogP contribution in [-0.4, -0.2) is 35.5 Å². The Balaban J connectivity index is 1.92. The van der Waals surface area contributed by atoms with Gasteiger partial charge in [-0.1, -0.05) is 0 Å². The SMILES string of the molecule is COc1ccc(NC(=O)C2CSCCS2)cc1. The van der Waals surface area contributed by atoms with Crippen molar-refractivity contribution < 1.29 is 9.53 Å². The number of thioether (sulfide) groups is 2. The van der Waals surface area contributed by atoms with Crippen molar-refractivity contribution in [3.8, 4) is 5.75 Å². The summed E-state index contributed by atoms with van der Waals surface area (Å²) in [5.74, 6) is 4.02. The van der Waals surface area contributed by atoms with E-state index < -0.39 is 0 Å². The van der Waals surface area contributed by atoms with Gasteiger partial charge in [-0.25, -0.2) is 0 Å². The van der Waals surface area contributed by atoms with Crippen LogP contribution in [0.3, 0.4) is 0 Å². The van der Waals surface area contributed by atoms with Crippen LogP contribution in [0.5, 0.6) is 5.75 Å². The number of amides is 1. The number of benzene rings is 1. The van der Waals surface area contributed by atoms with Crippen molar-refractivity contribution in [1.29, 1.82) is 0 Å². The van der Waals surface area contributed by atoms with Gasteiger partial charge in [0.2, 0.25) is 5.91 Å². The molecule has 0 bridgehead atoms. The first-order chi connectivity index (χ1) is 8.29. The number of anilines is 1. The molecule has 1 aromatic carbocycles. The van der Waals surface area contributed by atoms with Gasteiger partial charge in [-0.15, -0.1) is 11.8 Å². The highest BCUT2D eigenvalue weighted by molar-refractivity contribution is 8.07. The molecule has 3 nitrogen and oxygen atoms in total. The van der Waals surface area contributed by atoms with Crippen LogP contribution >= 0.6 is 23.5 Å². The number of nitrogens with one attached hydrogen (secondary N) is 1. The number of hydrogen-bond donors (Lipinski definition) is 1. The molecule has 1 heterocycles. The van der Waals surface area contributed by atoms with E-state index in [0.29, 0.717) is 0 Å². The van der Waals surface area contributed by atoms with E-state index in [4.69, 9.17) is 4.74 Å². The van der Waals surface area contributed by atoms with Crippen LogP contribution in [0.15, 0.2) is 24.3 Å². The fraction of sp³-hybridized carbons (Fsp3) is 0.417. The minimum atomic E-state index is 0.0795. The van der Waals surface area contributed by atoms with Crippen LogP contribution in [0.2, 0.25) is 0 Å². The molecule has 2 rings (SSSR count). The highest BCUT2D eigenvalue weighted by Crippen LogP contribution is 2.25. The third kappa shape index (κ3) is 3.57. The largest absolute Gasteiger partial charge is 0.497 e. The molecular weight excluding hydrogens is 254 g/mol. The lowest BCUT2D eigenvalue weighted by molar-refractivity contribution is -0.115. The summed E-state index contributed by atoms with van der Waals surface area (Å²) < 4.78 is 5.07. The number of carbonyl (C=O) groups is 1. The van der Waals surface area contributed by atoms with E-state index >= 15 is 0 Å². The zero-order valence-corrected chi connectivity index (χ0v) is 11.3. The molecule has 5 heteroatoms. The topological polar surface area (TPSA) is 38.3 Å². The smallest absolute Gasteiger partial charge is 0.238 e. The Hall–Kier alpha value is -0.810. The molecule has 1 aliphatic heterocycles. The lowest BCUT2D eigenvalue weighted by Crippen LogP contribution is -2.30. The standard InChI is InChI=1S/C12H15NO2S2/c1-15-10-4-2-9(3-5-10)13-12(14)11-8-16-6-7-17-11/h2-5,11H,6-8H2,1H3,(H,13,14). The molecule has 0 saturated carbocycles. The minimum absolute atomic E-state index is 0.0795. The Morgan fingerprint density at radius 2 is 2.12 bits per heavy atom. The lowest BCUT2D eigenvalue weighted by atomic mass is 10.3. The number of methoxy groups -OCH3 is 1. The number of rotatable bonds is 3. The van der Waals surface area contributed by atoms with Crippen LogP contribution in [0.1, 0.15) is 0 Å². The summed E-state index contributed by atoms with van der Waals surface area (Å²) in [5.41, 5.74) is 0.826. The van der Waals surface area contributed by atoms with E-state index in [9.17, 15) is 4.79 Å². The second-order valence-corrected chi connectivity index (χ2v) is 6.11. The zero-order chi connectivity index (χ0) is 12.1. The maximum absolute atomic E-state index is 11.9. The quantitative estimate of drug-likeness (QED) is 0.915. The van der Waals surface area contributed by atoms with Gasteiger partial charge in [0.05, 0.1) is 12.4 Å². The maximum Gasteiger partial charge on any atom is 0.238 e. The molecule has 0 aromatic heterocycles. The highest BCUT2D eigenvalue weighted by Gasteiger charge is 2.21. The molecule has 92 valence electrons. The van der Waals surface area contributed by atoms with Gasteiger partial charge in [-0.2, -0.15) is 11.8 Å². The zero-order valence-electron chi connectivity index (χ0n) is 9.64. The van der Waals surface area contributed by atoms with Gasteiger partial charge in [-0.3, -0.25) is 4.79 Å². The van der Waals surface area contributed by atoms with Crippen LogP contribution in [-0.2, 0) is 4.79 Å². The molecule has 1 aliphatic rings. The van der Waals surface area contributed by atoms with Gasteiger partial charge in [-0.05, 0) is 24.3 Å². The Kier molecular flexibility index (Phi) is 4.62. The van der Waals surface area contributed by atoms with Crippen LogP contribution in [0.25, 0.3) is 0 Å². The number of carbonyl (C=O) groups excluding carboxylic acids is 1. The fourth-order valence-corrected chi connectivity index (χ4v) is 4.09. The summed E-state index contributed by atoms with van der Waals surface area (Å²) in [6.45, 7) is 0. The van der Waals surface area contributed by atoms with Crippen molar-refractivity contribution in [3.63, 3.8) is 0 Å². The average molecular weight is 269 g/mol. The average Bonchev–Trinajstić information content (AvgIpc) is 2.40. The minimum Gasteiger partial charge on any atom is -0.497 e. The van der Waals surface area contributed by atoms with Crippen molar-refractivity contribution in [3.05, 3.63) is 24.3 Å². The molecule has 1 aromatic rings. The van der Waals surface area contributed by atoms with Gasteiger partial charge < -0.3 is 10.1 Å². The van der Waals surface area contributed by atoms with Crippen LogP contribution in [0, 0.1) is 0 Å². The van der Waals surface area contributed by atoms with Crippen molar-refractivity contribution in [2.24, 2.45) is 0 Å². The Bertz CT molecular complexity index is 375. The van der Waals surface area contributed by atoms with E-state index in [1.54, 1.807) is 18.9 Å². The molecule has 1 N–H and O–H groups in total. The molecule has 0 radical (unpaired) electrons. The van der Waals surface area contributed by atoms with Crippen LogP contribution < -0.4 is 10.1 Å². The monoisotopic (exact) mass is 269 g/mol. The molecule has 0 spiro atoms. The third-order valence-electron chi connectivity index (χ3n) is 2.47. The Labute approximate surface area is 110 Å². The fourth-order valence-electron chi connectivity index (χ4n) is 1.54. The van der Waals surface area contributed by atoms with Gasteiger partial charge in [0.25, 0.3) is 0 Å². The van der Waals surface area contributed by atoms with Crippen molar-refractivity contribution in [1.82, 2.24) is 0 Å². The van der Waals surface area contributed by atoms with Gasteiger partial charge in [0.1, 0.15) is 5.75 Å². The number of ether oxygens (including phenoxy) is 1. The molecular formula is C12H15NO2S2. The van der Waals surface area contributed by atoms with E-state index in [-0.39, 0.29) is 11.2 Å². The summed E-state index contributed by atoms with van der Waals surface area (Å²) >= 11 is 3.59. The van der Waals surface area contributed by atoms with Gasteiger partial charge >= 0.3 is 0 Å². The normalized spacial score (nSPS) is 19.7. The highest BCUT2D eigenvalue weighted by atomic mass is 32.2. The first kappa shape index (κ1) is 12.6. The van der Waals surface area contributed by atoms with Crippen molar-refractivity contribution >= 4 is 35.1 Å². The summed E-state index contributed by atoms with van der Waals surface area (Å²) in [7, 11) is 1.63. The second-order valence-electron chi connectivity index (χ2n) is 3.65. The van der Waals surface area contributed by atoms with E-state index in [2.05, 4.69) is 5.32 Å². The van der Waals surface area contributed by atoms with E-state index in [1.165, 1.54) is 0 Å². The Morgan fingerprint density at radius 1 is 1.35 bits per heavy atom. The van der Waals surface area contributed by atoms with E-state index in [1.807, 2.05) is 36.0 Å². The predicted octanol–water partition coefficient (Wildman–Crippen LogP) is 2.48. The number of hydrogen-bond acceptors (Lipinski definition) is 4. The van der Waals surface area contributed by atoms with Gasteiger partial charge in [0, 0.05) is 22.9 Å². The van der Waals surface area contributed by atoms with E-state index in [0.717, 1.165) is 28.7 Å². The molecule has 1 unspecified atom stereocenters. The molecule has 1 amide bonds. The van der Waals surface area contributed by atoms with Gasteiger partial charge in [0.15, 0.2) is 0 Å². The van der Waals surface area contributed by atoms with Crippen LogP contribution in [0.4, 0.5) is 5.69 Å². The predicted molar refractivity (Wildman–Crippen MR) is 75.2 cm³/mol. The molecule has 17 heavy (non-hydrogen) atoms. The molecule has 1 atom stereocenters. The molecule has 0 aliphatic carbocycles. The first-order valence-corrected chi connectivity index (χ1v) is 7.64. The van der Waals surface area contributed by atoms with Crippen molar-refractivity contribution in [2.75, 3.05) is 29.7 Å². The summed E-state index contributed by atoms with van der Waals surface area (Å²) in [5, 5.41) is 3.01. The second kappa shape index (κ2) is 6.21. The lowest BCUT2D eigenvalue weighted by Gasteiger charge is -2.20. The maximum atomic E-state index is 11.9. The molecule has 1 saturated heterocycles. The third-order valence-corrected chi connectivity index (χ3v) is 5.22. The molecule has 1 fully saturated rings.